The van der Waals surface area contributed by atoms with E-state index in [0.717, 1.165) is 11.3 Å². The number of rotatable bonds is 7. The smallest absolute Gasteiger partial charge is 0.255 e. The van der Waals surface area contributed by atoms with E-state index in [1.165, 1.54) is 0 Å². The molecule has 32 heavy (non-hydrogen) atoms. The summed E-state index contributed by atoms with van der Waals surface area (Å²) < 4.78 is 7.79. The van der Waals surface area contributed by atoms with E-state index in [0.29, 0.717) is 29.3 Å². The van der Waals surface area contributed by atoms with E-state index < -0.39 is 0 Å². The fourth-order valence-corrected chi connectivity index (χ4v) is 3.07. The van der Waals surface area contributed by atoms with E-state index in [4.69, 9.17) is 4.74 Å². The highest BCUT2D eigenvalue weighted by molar-refractivity contribution is 6.04. The van der Waals surface area contributed by atoms with Gasteiger partial charge in [0.25, 0.3) is 5.91 Å². The van der Waals surface area contributed by atoms with Crippen LogP contribution in [0.25, 0.3) is 5.65 Å². The predicted molar refractivity (Wildman–Crippen MR) is 124 cm³/mol. The van der Waals surface area contributed by atoms with Gasteiger partial charge in [0.1, 0.15) is 18.0 Å². The predicted octanol–water partition coefficient (Wildman–Crippen LogP) is 4.76. The molecule has 2 aromatic carbocycles. The summed E-state index contributed by atoms with van der Waals surface area (Å²) in [5.41, 5.74) is 3.45. The Morgan fingerprint density at radius 2 is 1.78 bits per heavy atom. The van der Waals surface area contributed by atoms with Crippen LogP contribution in [0.5, 0.6) is 5.75 Å². The van der Waals surface area contributed by atoms with Gasteiger partial charge in [0, 0.05) is 41.3 Å². The minimum atomic E-state index is -0.246. The number of carbonyl (C=O) groups excluding carboxylic acids is 2. The molecular weight excluding hydrogens is 404 g/mol. The van der Waals surface area contributed by atoms with E-state index in [9.17, 15) is 9.59 Å². The van der Waals surface area contributed by atoms with Crippen LogP contribution in [0, 0.1) is 5.92 Å². The molecule has 0 aliphatic rings. The number of nitrogens with zero attached hydrogens (tertiary/aromatic N) is 2. The maximum Gasteiger partial charge on any atom is 0.255 e. The van der Waals surface area contributed by atoms with Gasteiger partial charge in [-0.15, -0.1) is 0 Å². The van der Waals surface area contributed by atoms with Crippen molar-refractivity contribution in [1.82, 2.24) is 9.38 Å². The SMILES string of the molecule is CC(C)C(=O)Nc1ccc(C(=O)Nc2cccc(OCc3cn4ccccc4n3)c2)cc1. The van der Waals surface area contributed by atoms with Crippen LogP contribution in [0.3, 0.4) is 0 Å². The minimum absolute atomic E-state index is 0.0670. The summed E-state index contributed by atoms with van der Waals surface area (Å²) in [5, 5.41) is 5.68. The van der Waals surface area contributed by atoms with Crippen LogP contribution in [0.2, 0.25) is 0 Å². The molecule has 4 aromatic rings. The van der Waals surface area contributed by atoms with Crippen LogP contribution in [-0.4, -0.2) is 21.2 Å². The number of imidazole rings is 1. The lowest BCUT2D eigenvalue weighted by Crippen LogP contribution is -2.18. The maximum atomic E-state index is 12.6. The maximum absolute atomic E-state index is 12.6. The minimum Gasteiger partial charge on any atom is -0.487 e. The fraction of sp³-hybridized carbons (Fsp3) is 0.160. The number of benzene rings is 2. The fourth-order valence-electron chi connectivity index (χ4n) is 3.07. The average Bonchev–Trinajstić information content (AvgIpc) is 3.21. The van der Waals surface area contributed by atoms with E-state index in [1.54, 1.807) is 36.4 Å². The van der Waals surface area contributed by atoms with Gasteiger partial charge in [0.05, 0.1) is 5.69 Å². The van der Waals surface area contributed by atoms with Crippen LogP contribution in [0.15, 0.2) is 79.1 Å². The number of carbonyl (C=O) groups is 2. The number of amides is 2. The van der Waals surface area contributed by atoms with Gasteiger partial charge in [-0.3, -0.25) is 9.59 Å². The number of aromatic nitrogens is 2. The van der Waals surface area contributed by atoms with Crippen molar-refractivity contribution in [3.05, 3.63) is 90.4 Å². The monoisotopic (exact) mass is 428 g/mol. The third-order valence-corrected chi connectivity index (χ3v) is 4.83. The number of fused-ring (bicyclic) bond motifs is 1. The van der Waals surface area contributed by atoms with Crippen molar-refractivity contribution >= 4 is 28.8 Å². The second-order valence-electron chi connectivity index (χ2n) is 7.69. The number of ether oxygens (including phenoxy) is 1. The average molecular weight is 428 g/mol. The zero-order valence-electron chi connectivity index (χ0n) is 17.9. The first-order chi connectivity index (χ1) is 15.5. The zero-order valence-corrected chi connectivity index (χ0v) is 17.9. The standard InChI is InChI=1S/C25H24N4O3/c1-17(2)24(30)27-19-11-9-18(10-12-19)25(31)28-20-6-5-7-22(14-20)32-16-21-15-29-13-4-3-8-23(29)26-21/h3-15,17H,16H2,1-2H3,(H,27,30)(H,28,31). The molecule has 0 saturated heterocycles. The van der Waals surface area contributed by atoms with Gasteiger partial charge in [-0.05, 0) is 48.5 Å². The normalized spacial score (nSPS) is 10.8. The van der Waals surface area contributed by atoms with E-state index >= 15 is 0 Å². The lowest BCUT2D eigenvalue weighted by Gasteiger charge is -2.10. The van der Waals surface area contributed by atoms with Crippen molar-refractivity contribution in [3.63, 3.8) is 0 Å². The molecule has 7 nitrogen and oxygen atoms in total. The number of hydrogen-bond acceptors (Lipinski definition) is 4. The Balaban J connectivity index is 1.36. The Kier molecular flexibility index (Phi) is 6.17. The third kappa shape index (κ3) is 5.13. The number of anilines is 2. The molecule has 0 spiro atoms. The van der Waals surface area contributed by atoms with Gasteiger partial charge in [-0.2, -0.15) is 0 Å². The summed E-state index contributed by atoms with van der Waals surface area (Å²) >= 11 is 0. The van der Waals surface area contributed by atoms with E-state index in [1.807, 2.05) is 61.0 Å². The second kappa shape index (κ2) is 9.34. The van der Waals surface area contributed by atoms with E-state index in [-0.39, 0.29) is 17.7 Å². The molecule has 2 aromatic heterocycles. The van der Waals surface area contributed by atoms with Crippen molar-refractivity contribution in [2.45, 2.75) is 20.5 Å². The van der Waals surface area contributed by atoms with Crippen molar-refractivity contribution < 1.29 is 14.3 Å². The first-order valence-electron chi connectivity index (χ1n) is 10.4. The molecule has 0 aliphatic carbocycles. The molecule has 2 N–H and O–H groups in total. The molecule has 0 fully saturated rings. The number of hydrogen-bond donors (Lipinski definition) is 2. The highest BCUT2D eigenvalue weighted by atomic mass is 16.5. The van der Waals surface area contributed by atoms with Crippen LogP contribution in [0.1, 0.15) is 29.9 Å². The molecule has 0 saturated carbocycles. The van der Waals surface area contributed by atoms with Crippen molar-refractivity contribution in [3.8, 4) is 5.75 Å². The molecule has 7 heteroatoms. The number of nitrogens with one attached hydrogen (secondary N) is 2. The number of pyridine rings is 1. The summed E-state index contributed by atoms with van der Waals surface area (Å²) in [5.74, 6) is 0.207. The summed E-state index contributed by atoms with van der Waals surface area (Å²) in [7, 11) is 0. The molecule has 0 aliphatic heterocycles. The molecule has 0 unspecified atom stereocenters. The summed E-state index contributed by atoms with van der Waals surface area (Å²) in [6.45, 7) is 3.97. The first-order valence-corrected chi connectivity index (χ1v) is 10.4. The van der Waals surface area contributed by atoms with Crippen LogP contribution >= 0.6 is 0 Å². The van der Waals surface area contributed by atoms with Gasteiger partial charge in [0.15, 0.2) is 0 Å². The third-order valence-electron chi connectivity index (χ3n) is 4.83. The molecule has 0 radical (unpaired) electrons. The van der Waals surface area contributed by atoms with Gasteiger partial charge < -0.3 is 19.8 Å². The highest BCUT2D eigenvalue weighted by Crippen LogP contribution is 2.20. The first kappa shape index (κ1) is 21.1. The molecule has 0 atom stereocenters. The van der Waals surface area contributed by atoms with Crippen molar-refractivity contribution in [2.24, 2.45) is 5.92 Å². The molecule has 162 valence electrons. The Labute approximate surface area is 186 Å². The van der Waals surface area contributed by atoms with Crippen LogP contribution in [0.4, 0.5) is 11.4 Å². The largest absolute Gasteiger partial charge is 0.487 e. The summed E-state index contributed by atoms with van der Waals surface area (Å²) in [4.78, 5) is 28.9. The molecule has 4 rings (SSSR count). The van der Waals surface area contributed by atoms with Crippen LogP contribution < -0.4 is 15.4 Å². The van der Waals surface area contributed by atoms with Crippen LogP contribution in [-0.2, 0) is 11.4 Å². The molecule has 0 bridgehead atoms. The Morgan fingerprint density at radius 1 is 0.969 bits per heavy atom. The Bertz CT molecular complexity index is 1210. The lowest BCUT2D eigenvalue weighted by molar-refractivity contribution is -0.118. The van der Waals surface area contributed by atoms with Crippen molar-refractivity contribution in [2.75, 3.05) is 10.6 Å². The van der Waals surface area contributed by atoms with Gasteiger partial charge >= 0.3 is 0 Å². The molecular formula is C25H24N4O3. The Hall–Kier alpha value is -4.13. The summed E-state index contributed by atoms with van der Waals surface area (Å²) in [6.07, 6.45) is 3.86. The zero-order chi connectivity index (χ0) is 22.5. The van der Waals surface area contributed by atoms with Gasteiger partial charge in [0.2, 0.25) is 5.91 Å². The lowest BCUT2D eigenvalue weighted by atomic mass is 10.1. The van der Waals surface area contributed by atoms with Gasteiger partial charge in [-0.25, -0.2) is 4.98 Å². The Morgan fingerprint density at radius 3 is 2.53 bits per heavy atom. The van der Waals surface area contributed by atoms with Crippen molar-refractivity contribution in [1.29, 1.82) is 0 Å². The van der Waals surface area contributed by atoms with E-state index in [2.05, 4.69) is 15.6 Å². The quantitative estimate of drug-likeness (QED) is 0.444. The van der Waals surface area contributed by atoms with Gasteiger partial charge in [-0.1, -0.05) is 26.0 Å². The molecule has 2 amide bonds. The molecule has 2 heterocycles. The topological polar surface area (TPSA) is 84.7 Å². The summed E-state index contributed by atoms with van der Waals surface area (Å²) in [6, 6.07) is 19.8. The highest BCUT2D eigenvalue weighted by Gasteiger charge is 2.10. The second-order valence-corrected chi connectivity index (χ2v) is 7.69.